The first-order chi connectivity index (χ1) is 11.2. The fourth-order valence-corrected chi connectivity index (χ4v) is 5.26. The Kier molecular flexibility index (Phi) is 4.33. The van der Waals surface area contributed by atoms with E-state index in [0.717, 1.165) is 24.0 Å². The smallest absolute Gasteiger partial charge is 0.0651 e. The lowest BCUT2D eigenvalue weighted by molar-refractivity contribution is 0.0337. The zero-order chi connectivity index (χ0) is 17.7. The summed E-state index contributed by atoms with van der Waals surface area (Å²) in [6.45, 7) is 13.6. The first kappa shape index (κ1) is 17.6. The monoisotopic (exact) mass is 324 g/mol. The normalized spacial score (nSPS) is 35.5. The summed E-state index contributed by atoms with van der Waals surface area (Å²) in [5.41, 5.74) is 5.33. The number of allylic oxidation sites excluding steroid dienone is 2. The molecule has 0 aliphatic heterocycles. The van der Waals surface area contributed by atoms with Crippen molar-refractivity contribution in [1.29, 1.82) is 0 Å². The standard InChI is InChI=1S/C23H32O/c1-15-8-10-18(14-17(15)3)20-21(24)16(2)9-11-19-22(4,5)12-7-13-23(19,20)6/h11,14,16,20-21,24H,7,9,12-13H2,1-6H3/t16-,20+,21+,23+/m1/s1. The van der Waals surface area contributed by atoms with Gasteiger partial charge in [0.25, 0.3) is 0 Å². The van der Waals surface area contributed by atoms with Gasteiger partial charge in [0.05, 0.1) is 6.10 Å². The number of hydrogen-bond acceptors (Lipinski definition) is 1. The average Bonchev–Trinajstić information content (AvgIpc) is 2.58. The molecule has 0 bridgehead atoms. The van der Waals surface area contributed by atoms with Crippen LogP contribution in [0.2, 0.25) is 0 Å². The molecule has 4 atom stereocenters. The second kappa shape index (κ2) is 5.92. The summed E-state index contributed by atoms with van der Waals surface area (Å²) in [4.78, 5) is 0. The number of aliphatic hydroxyl groups is 1. The van der Waals surface area contributed by atoms with Gasteiger partial charge >= 0.3 is 0 Å². The van der Waals surface area contributed by atoms with Crippen molar-refractivity contribution >= 4 is 0 Å². The minimum absolute atomic E-state index is 0.0119. The summed E-state index contributed by atoms with van der Waals surface area (Å²) in [5.74, 6) is 0.382. The van der Waals surface area contributed by atoms with Crippen LogP contribution >= 0.6 is 0 Å². The Labute approximate surface area is 148 Å². The van der Waals surface area contributed by atoms with Crippen LogP contribution in [-0.2, 0) is 0 Å². The van der Waals surface area contributed by atoms with Gasteiger partial charge in [0, 0.05) is 17.0 Å². The molecule has 1 nitrogen and oxygen atoms in total. The van der Waals surface area contributed by atoms with Gasteiger partial charge in [0.15, 0.2) is 0 Å². The Morgan fingerprint density at radius 3 is 2.50 bits per heavy atom. The van der Waals surface area contributed by atoms with Gasteiger partial charge in [-0.05, 0) is 61.5 Å². The SMILES string of the molecule is Cc1c#cc([C@H]2[C@@H](O)[C@H](C)CC=C3C(C)(C)CCC[C@@]32C)cc1C. The average molecular weight is 325 g/mol. The van der Waals surface area contributed by atoms with E-state index in [-0.39, 0.29) is 28.8 Å². The summed E-state index contributed by atoms with van der Waals surface area (Å²) < 4.78 is 0. The van der Waals surface area contributed by atoms with E-state index < -0.39 is 0 Å². The molecule has 24 heavy (non-hydrogen) atoms. The van der Waals surface area contributed by atoms with Crippen LogP contribution < -0.4 is 0 Å². The molecule has 0 saturated heterocycles. The van der Waals surface area contributed by atoms with Crippen molar-refractivity contribution in [3.63, 3.8) is 0 Å². The van der Waals surface area contributed by atoms with E-state index >= 15 is 0 Å². The number of fused-ring (bicyclic) bond motifs is 1. The molecule has 1 heteroatoms. The summed E-state index contributed by atoms with van der Waals surface area (Å²) in [6.07, 6.45) is 6.72. The van der Waals surface area contributed by atoms with Crippen LogP contribution in [0.4, 0.5) is 0 Å². The first-order valence-corrected chi connectivity index (χ1v) is 9.47. The lowest BCUT2D eigenvalue weighted by atomic mass is 9.54. The van der Waals surface area contributed by atoms with Gasteiger partial charge in [-0.25, -0.2) is 0 Å². The summed E-state index contributed by atoms with van der Waals surface area (Å²) >= 11 is 0. The summed E-state index contributed by atoms with van der Waals surface area (Å²) in [7, 11) is 0. The van der Waals surface area contributed by atoms with Crippen molar-refractivity contribution < 1.29 is 5.11 Å². The van der Waals surface area contributed by atoms with Gasteiger partial charge in [0.2, 0.25) is 0 Å². The summed E-state index contributed by atoms with van der Waals surface area (Å²) in [6, 6.07) is 8.94. The molecule has 0 amide bonds. The molecular formula is C23H32O. The minimum Gasteiger partial charge on any atom is -0.392 e. The van der Waals surface area contributed by atoms with Gasteiger partial charge in [-0.2, -0.15) is 0 Å². The van der Waals surface area contributed by atoms with Crippen LogP contribution in [0, 0.1) is 42.7 Å². The zero-order valence-electron chi connectivity index (χ0n) is 16.2. The van der Waals surface area contributed by atoms with E-state index in [4.69, 9.17) is 0 Å². The van der Waals surface area contributed by atoms with Crippen molar-refractivity contribution in [3.8, 4) is 0 Å². The van der Waals surface area contributed by atoms with Crippen molar-refractivity contribution in [2.24, 2.45) is 16.7 Å². The maximum absolute atomic E-state index is 11.2. The van der Waals surface area contributed by atoms with Crippen molar-refractivity contribution in [3.05, 3.63) is 46.5 Å². The summed E-state index contributed by atoms with van der Waals surface area (Å²) in [5, 5.41) is 11.2. The molecular weight excluding hydrogens is 292 g/mol. The molecule has 1 aromatic carbocycles. The lowest BCUT2D eigenvalue weighted by Crippen LogP contribution is -2.43. The van der Waals surface area contributed by atoms with Gasteiger partial charge in [-0.1, -0.05) is 57.9 Å². The van der Waals surface area contributed by atoms with Crippen LogP contribution in [0.3, 0.4) is 0 Å². The molecule has 0 radical (unpaired) electrons. The van der Waals surface area contributed by atoms with Crippen LogP contribution in [0.5, 0.6) is 0 Å². The first-order valence-electron chi connectivity index (χ1n) is 9.47. The molecule has 2 aliphatic carbocycles. The third-order valence-electron chi connectivity index (χ3n) is 6.84. The van der Waals surface area contributed by atoms with Crippen LogP contribution in [-0.4, -0.2) is 11.2 Å². The Morgan fingerprint density at radius 2 is 1.83 bits per heavy atom. The molecule has 0 aromatic heterocycles. The minimum atomic E-state index is -0.329. The van der Waals surface area contributed by atoms with Crippen molar-refractivity contribution in [1.82, 2.24) is 0 Å². The second-order valence-corrected chi connectivity index (χ2v) is 9.11. The van der Waals surface area contributed by atoms with E-state index in [9.17, 15) is 5.11 Å². The predicted octanol–water partition coefficient (Wildman–Crippen LogP) is 5.53. The highest BCUT2D eigenvalue weighted by molar-refractivity contribution is 5.36. The molecule has 0 unspecified atom stereocenters. The van der Waals surface area contributed by atoms with Gasteiger partial charge in [-0.15, -0.1) is 0 Å². The Bertz CT molecular complexity index is 654. The second-order valence-electron chi connectivity index (χ2n) is 9.11. The molecule has 130 valence electrons. The Hall–Kier alpha value is -1.26. The van der Waals surface area contributed by atoms with E-state index in [2.05, 4.69) is 65.8 Å². The van der Waals surface area contributed by atoms with E-state index in [1.54, 1.807) is 5.57 Å². The molecule has 0 heterocycles. The van der Waals surface area contributed by atoms with E-state index in [1.165, 1.54) is 18.4 Å². The Balaban J connectivity index is 2.16. The van der Waals surface area contributed by atoms with Gasteiger partial charge in [0.1, 0.15) is 0 Å². The zero-order valence-corrected chi connectivity index (χ0v) is 16.2. The highest BCUT2D eigenvalue weighted by Gasteiger charge is 2.51. The fourth-order valence-electron chi connectivity index (χ4n) is 5.26. The predicted molar refractivity (Wildman–Crippen MR) is 99.9 cm³/mol. The van der Waals surface area contributed by atoms with Gasteiger partial charge < -0.3 is 5.11 Å². The highest BCUT2D eigenvalue weighted by atomic mass is 16.3. The Morgan fingerprint density at radius 1 is 1.12 bits per heavy atom. The van der Waals surface area contributed by atoms with Crippen LogP contribution in [0.1, 0.15) is 76.0 Å². The van der Waals surface area contributed by atoms with E-state index in [0.29, 0.717) is 0 Å². The molecule has 1 fully saturated rings. The molecule has 1 aromatic rings. The molecule has 1 N–H and O–H groups in total. The highest BCUT2D eigenvalue weighted by Crippen LogP contribution is 2.59. The third-order valence-corrected chi connectivity index (χ3v) is 6.84. The van der Waals surface area contributed by atoms with Gasteiger partial charge in [-0.3, -0.25) is 0 Å². The van der Waals surface area contributed by atoms with E-state index in [1.807, 2.05) is 0 Å². The maximum Gasteiger partial charge on any atom is 0.0651 e. The van der Waals surface area contributed by atoms with Crippen LogP contribution in [0.25, 0.3) is 0 Å². The van der Waals surface area contributed by atoms with Crippen molar-refractivity contribution in [2.75, 3.05) is 0 Å². The largest absolute Gasteiger partial charge is 0.392 e. The number of aryl methyl sites for hydroxylation is 1. The van der Waals surface area contributed by atoms with Crippen LogP contribution in [0.15, 0.2) is 17.7 Å². The fraction of sp³-hybridized carbons (Fsp3) is 0.652. The molecule has 2 aliphatic rings. The molecule has 0 spiro atoms. The number of hydrogen-bond donors (Lipinski definition) is 1. The number of rotatable bonds is 1. The third kappa shape index (κ3) is 2.70. The maximum atomic E-state index is 11.2. The quantitative estimate of drug-likeness (QED) is 0.673. The molecule has 1 saturated carbocycles. The number of aliphatic hydroxyl groups excluding tert-OH is 1. The van der Waals surface area contributed by atoms with Crippen molar-refractivity contribution in [2.45, 2.75) is 79.2 Å². The topological polar surface area (TPSA) is 20.2 Å². The molecule has 3 rings (SSSR count). The lowest BCUT2D eigenvalue weighted by Gasteiger charge is -2.50.